The summed E-state index contributed by atoms with van der Waals surface area (Å²) < 4.78 is 4.11. The van der Waals surface area contributed by atoms with Gasteiger partial charge in [0.15, 0.2) is 29.8 Å². The lowest BCUT2D eigenvalue weighted by Gasteiger charge is -2.23. The number of amides is 2. The number of nitrogens with zero attached hydrogens (tertiary/aromatic N) is 5. The molecular formula is C48H64N8O6S2+2. The van der Waals surface area contributed by atoms with Crippen molar-refractivity contribution in [3.63, 3.8) is 0 Å². The average molecular weight is 913 g/mol. The number of quaternary nitrogens is 1. The summed E-state index contributed by atoms with van der Waals surface area (Å²) in [6, 6.07) is 32.1. The first-order valence-corrected chi connectivity index (χ1v) is 24.1. The number of fused-ring (bicyclic) bond motifs is 1. The first kappa shape index (κ1) is 49.7. The lowest BCUT2D eigenvalue weighted by atomic mass is 10.1. The molecule has 8 N–H and O–H groups in total. The Morgan fingerprint density at radius 3 is 1.81 bits per heavy atom. The highest BCUT2D eigenvalue weighted by atomic mass is 33.1. The number of nitrogens with two attached hydrogens (primary N) is 1. The zero-order valence-corrected chi connectivity index (χ0v) is 38.5. The number of imidazole rings is 1. The highest BCUT2D eigenvalue weighted by molar-refractivity contribution is 8.76. The first-order valence-electron chi connectivity index (χ1n) is 21.6. The van der Waals surface area contributed by atoms with Gasteiger partial charge in [-0.15, -0.1) is 0 Å². The van der Waals surface area contributed by atoms with Gasteiger partial charge in [-0.1, -0.05) is 82.3 Å². The molecule has 5 rings (SSSR count). The average Bonchev–Trinajstić information content (AvgIpc) is 3.57. The molecule has 342 valence electrons. The molecule has 0 aliphatic carbocycles. The van der Waals surface area contributed by atoms with E-state index in [2.05, 4.69) is 38.3 Å². The van der Waals surface area contributed by atoms with Gasteiger partial charge >= 0.3 is 0 Å². The number of rotatable bonds is 28. The summed E-state index contributed by atoms with van der Waals surface area (Å²) in [5.74, 6) is 2.26. The Morgan fingerprint density at radius 1 is 0.688 bits per heavy atom. The number of benzene rings is 4. The van der Waals surface area contributed by atoms with E-state index in [0.717, 1.165) is 62.2 Å². The van der Waals surface area contributed by atoms with Gasteiger partial charge in [-0.05, 0) is 59.7 Å². The molecule has 0 fully saturated rings. The summed E-state index contributed by atoms with van der Waals surface area (Å²) in [4.78, 5) is 32.0. The summed E-state index contributed by atoms with van der Waals surface area (Å²) in [5, 5.41) is 45.5. The van der Waals surface area contributed by atoms with Crippen LogP contribution in [0.15, 0.2) is 103 Å². The van der Waals surface area contributed by atoms with Crippen molar-refractivity contribution in [1.82, 2.24) is 15.2 Å². The minimum Gasteiger partial charge on any atom is -0.395 e. The van der Waals surface area contributed by atoms with Gasteiger partial charge in [0.25, 0.3) is 17.6 Å². The standard InChI is InChI=1S/C48H62N8O6S2/c1-52(25-7-8-38-13-18-40(19-14-38)54(26-30-57)27-31-58)43-10-4-3-9-42(43)51-36-46(61)49-23-34-63-64-35-24-50-47(62)37-56-45-12-6-5-11-44(45)53(2)48(56)22-17-39-15-20-41(21-16-39)55(28-32-59)29-33-60/h3-22,51,57-60H,23-37H2,1-2H3,(H-,49,50,61,62)/p+2. The molecule has 1 aromatic heterocycles. The van der Waals surface area contributed by atoms with Crippen molar-refractivity contribution >= 4 is 85.4 Å². The Hall–Kier alpha value is -5.33. The maximum absolute atomic E-state index is 13.2. The van der Waals surface area contributed by atoms with Crippen LogP contribution in [0.25, 0.3) is 29.3 Å². The van der Waals surface area contributed by atoms with Crippen LogP contribution in [-0.4, -0.2) is 134 Å². The van der Waals surface area contributed by atoms with E-state index in [1.807, 2.05) is 137 Å². The summed E-state index contributed by atoms with van der Waals surface area (Å²) in [6.07, 6.45) is 8.20. The molecule has 0 aliphatic heterocycles. The second kappa shape index (κ2) is 27.1. The molecule has 16 heteroatoms. The fourth-order valence-electron chi connectivity index (χ4n) is 7.27. The van der Waals surface area contributed by atoms with Gasteiger partial charge in [0.1, 0.15) is 0 Å². The predicted octanol–water partition coefficient (Wildman–Crippen LogP) is 2.88. The predicted molar refractivity (Wildman–Crippen MR) is 264 cm³/mol. The van der Waals surface area contributed by atoms with Crippen LogP contribution in [0.5, 0.6) is 0 Å². The zero-order chi connectivity index (χ0) is 45.5. The number of aliphatic hydroxyl groups is 4. The minimum absolute atomic E-state index is 0.00733. The SMILES string of the molecule is CN(CC=Cc1ccc(N(CCO)CCO)cc1)c1ccccc1[NH2+]CC(=O)NCCSSCCNC(=O)Cn1c(C=Cc2ccc(N(CCO)CCO)cc2)[n+](C)c2ccccc21. The van der Waals surface area contributed by atoms with Crippen LogP contribution < -0.4 is 35.2 Å². The van der Waals surface area contributed by atoms with E-state index in [0.29, 0.717) is 45.8 Å². The molecule has 0 bridgehead atoms. The Bertz CT molecular complexity index is 2240. The van der Waals surface area contributed by atoms with Crippen LogP contribution in [0.3, 0.4) is 0 Å². The maximum atomic E-state index is 13.2. The number of para-hydroxylation sites is 4. The van der Waals surface area contributed by atoms with Crippen molar-refractivity contribution in [2.24, 2.45) is 7.05 Å². The first-order chi connectivity index (χ1) is 31.3. The van der Waals surface area contributed by atoms with Crippen LogP contribution in [0, 0.1) is 0 Å². The van der Waals surface area contributed by atoms with Gasteiger partial charge in [0.05, 0.1) is 39.2 Å². The van der Waals surface area contributed by atoms with E-state index in [4.69, 9.17) is 0 Å². The second-order valence-corrected chi connectivity index (χ2v) is 17.7. The number of hydrogen-bond donors (Lipinski definition) is 7. The molecule has 0 saturated carbocycles. The number of likely N-dealkylation sites (N-methyl/N-ethyl adjacent to an activating group) is 1. The van der Waals surface area contributed by atoms with E-state index >= 15 is 0 Å². The molecule has 2 amide bonds. The van der Waals surface area contributed by atoms with E-state index in [9.17, 15) is 30.0 Å². The quantitative estimate of drug-likeness (QED) is 0.0170. The van der Waals surface area contributed by atoms with E-state index in [1.54, 1.807) is 21.6 Å². The van der Waals surface area contributed by atoms with Gasteiger partial charge in [-0.3, -0.25) is 9.59 Å². The summed E-state index contributed by atoms with van der Waals surface area (Å²) in [5.41, 5.74) is 7.94. The smallest absolute Gasteiger partial charge is 0.282 e. The molecular weight excluding hydrogens is 849 g/mol. The fourth-order valence-corrected chi connectivity index (χ4v) is 9.08. The van der Waals surface area contributed by atoms with Crippen molar-refractivity contribution in [3.8, 4) is 0 Å². The molecule has 0 spiro atoms. The molecule has 0 atom stereocenters. The van der Waals surface area contributed by atoms with Gasteiger partial charge in [-0.25, -0.2) is 9.13 Å². The molecule has 0 unspecified atom stereocenters. The van der Waals surface area contributed by atoms with Crippen molar-refractivity contribution < 1.29 is 39.9 Å². The highest BCUT2D eigenvalue weighted by Gasteiger charge is 2.22. The number of carbonyl (C=O) groups is 2. The lowest BCUT2D eigenvalue weighted by Crippen LogP contribution is -2.81. The number of carbonyl (C=O) groups excluding carboxylic acids is 2. The summed E-state index contributed by atoms with van der Waals surface area (Å²) in [7, 11) is 7.36. The Kier molecular flexibility index (Phi) is 21.0. The molecule has 64 heavy (non-hydrogen) atoms. The molecule has 14 nitrogen and oxygen atoms in total. The second-order valence-electron chi connectivity index (χ2n) is 15.0. The number of aryl methyl sites for hydroxylation is 1. The Balaban J connectivity index is 1.000. The van der Waals surface area contributed by atoms with Crippen LogP contribution >= 0.6 is 21.6 Å². The van der Waals surface area contributed by atoms with Gasteiger partial charge < -0.3 is 51.1 Å². The topological polar surface area (TPSA) is 174 Å². The Morgan fingerprint density at radius 2 is 1.22 bits per heavy atom. The monoisotopic (exact) mass is 912 g/mol. The molecule has 0 saturated heterocycles. The number of nitrogens with one attached hydrogen (secondary N) is 2. The molecule has 0 radical (unpaired) electrons. The highest BCUT2D eigenvalue weighted by Crippen LogP contribution is 2.22. The van der Waals surface area contributed by atoms with Crippen LogP contribution in [0.1, 0.15) is 17.0 Å². The van der Waals surface area contributed by atoms with Crippen molar-refractivity contribution in [1.29, 1.82) is 0 Å². The summed E-state index contributed by atoms with van der Waals surface area (Å²) >= 11 is 0. The molecule has 1 heterocycles. The van der Waals surface area contributed by atoms with Gasteiger partial charge in [0.2, 0.25) is 0 Å². The minimum atomic E-state index is -0.0730. The summed E-state index contributed by atoms with van der Waals surface area (Å²) in [6.45, 7) is 4.10. The van der Waals surface area contributed by atoms with Crippen LogP contribution in [-0.2, 0) is 23.2 Å². The Labute approximate surface area is 384 Å². The van der Waals surface area contributed by atoms with Crippen LogP contribution in [0.4, 0.5) is 22.7 Å². The maximum Gasteiger partial charge on any atom is 0.282 e. The third-order valence-corrected chi connectivity index (χ3v) is 12.9. The van der Waals surface area contributed by atoms with E-state index in [1.165, 1.54) is 0 Å². The third-order valence-electron chi connectivity index (χ3n) is 10.5. The largest absolute Gasteiger partial charge is 0.395 e. The molecule has 4 aromatic carbocycles. The number of hydrogen-bond acceptors (Lipinski definition) is 11. The van der Waals surface area contributed by atoms with Crippen molar-refractivity contribution in [2.75, 3.05) is 112 Å². The number of anilines is 3. The number of aromatic nitrogens is 2. The van der Waals surface area contributed by atoms with E-state index < -0.39 is 0 Å². The van der Waals surface area contributed by atoms with Crippen molar-refractivity contribution in [3.05, 3.63) is 120 Å². The van der Waals surface area contributed by atoms with Gasteiger partial charge in [0, 0.05) is 87.9 Å². The fraction of sp³-hybridized carbons (Fsp3) is 0.354. The molecule has 5 aromatic rings. The van der Waals surface area contributed by atoms with E-state index in [-0.39, 0.29) is 51.3 Å². The normalized spacial score (nSPS) is 11.5. The molecule has 0 aliphatic rings. The zero-order valence-electron chi connectivity index (χ0n) is 36.9. The van der Waals surface area contributed by atoms with Gasteiger partial charge in [-0.2, -0.15) is 0 Å². The van der Waals surface area contributed by atoms with Crippen LogP contribution in [0.2, 0.25) is 0 Å². The van der Waals surface area contributed by atoms with Crippen molar-refractivity contribution in [2.45, 2.75) is 6.54 Å². The lowest BCUT2D eigenvalue weighted by molar-refractivity contribution is -0.647. The third kappa shape index (κ3) is 15.1. The number of aliphatic hydroxyl groups excluding tert-OH is 4.